The van der Waals surface area contributed by atoms with Gasteiger partial charge in [0.1, 0.15) is 18.5 Å². The van der Waals surface area contributed by atoms with Gasteiger partial charge in [-0.1, -0.05) is 32.9 Å². The van der Waals surface area contributed by atoms with Crippen molar-refractivity contribution in [1.82, 2.24) is 4.90 Å². The molecule has 1 aromatic rings. The summed E-state index contributed by atoms with van der Waals surface area (Å²) in [5.74, 6) is 1.32. The van der Waals surface area contributed by atoms with Crippen molar-refractivity contribution in [2.75, 3.05) is 26.2 Å². The van der Waals surface area contributed by atoms with Gasteiger partial charge in [0.05, 0.1) is 12.2 Å². The Bertz CT molecular complexity index is 508. The summed E-state index contributed by atoms with van der Waals surface area (Å²) in [6, 6.07) is 6.42. The number of benzene rings is 1. The number of hydrogen-bond acceptors (Lipinski definition) is 4. The second kappa shape index (κ2) is 8.84. The van der Waals surface area contributed by atoms with Crippen molar-refractivity contribution in [2.45, 2.75) is 65.3 Å². The Balaban J connectivity index is 1.92. The Hall–Kier alpha value is -1.10. The maximum absolute atomic E-state index is 10.4. The fraction of sp³-hybridized carbons (Fsp3) is 0.700. The molecule has 4 heteroatoms. The Morgan fingerprint density at radius 2 is 1.92 bits per heavy atom. The van der Waals surface area contributed by atoms with Crippen LogP contribution in [0.25, 0.3) is 0 Å². The normalized spacial score (nSPS) is 23.5. The van der Waals surface area contributed by atoms with Gasteiger partial charge in [0.2, 0.25) is 0 Å². The number of aliphatic hydroxyl groups is 1. The summed E-state index contributed by atoms with van der Waals surface area (Å²) < 4.78 is 11.7. The monoisotopic (exact) mass is 335 g/mol. The number of aryl methyl sites for hydroxylation is 1. The molecule has 0 amide bonds. The summed E-state index contributed by atoms with van der Waals surface area (Å²) in [5, 5.41) is 10.4. The first-order chi connectivity index (χ1) is 11.4. The van der Waals surface area contributed by atoms with Crippen molar-refractivity contribution in [3.05, 3.63) is 29.3 Å². The highest BCUT2D eigenvalue weighted by Gasteiger charge is 2.24. The molecule has 1 aliphatic rings. The van der Waals surface area contributed by atoms with Crippen molar-refractivity contribution < 1.29 is 14.6 Å². The lowest BCUT2D eigenvalue weighted by molar-refractivity contribution is -0.0787. The van der Waals surface area contributed by atoms with Gasteiger partial charge < -0.3 is 14.6 Å². The molecule has 0 saturated carbocycles. The number of ether oxygens (including phenoxy) is 2. The number of hydrogen-bond donors (Lipinski definition) is 1. The smallest absolute Gasteiger partial charge is 0.123 e. The molecule has 1 N–H and O–H groups in total. The lowest BCUT2D eigenvalue weighted by atomic mass is 9.99. The summed E-state index contributed by atoms with van der Waals surface area (Å²) in [4.78, 5) is 2.26. The molecule has 0 aliphatic carbocycles. The van der Waals surface area contributed by atoms with Gasteiger partial charge in [-0.2, -0.15) is 0 Å². The van der Waals surface area contributed by atoms with E-state index in [0.717, 1.165) is 25.3 Å². The first kappa shape index (κ1) is 19.2. The minimum absolute atomic E-state index is 0.218. The van der Waals surface area contributed by atoms with Crippen LogP contribution in [0.1, 0.15) is 51.7 Å². The maximum atomic E-state index is 10.4. The van der Waals surface area contributed by atoms with Crippen LogP contribution >= 0.6 is 0 Å². The largest absolute Gasteiger partial charge is 0.491 e. The molecule has 1 aliphatic heterocycles. The first-order valence-electron chi connectivity index (χ1n) is 9.20. The van der Waals surface area contributed by atoms with Crippen LogP contribution in [0.15, 0.2) is 18.2 Å². The van der Waals surface area contributed by atoms with E-state index in [1.165, 1.54) is 11.1 Å². The predicted octanol–water partition coefficient (Wildman–Crippen LogP) is 3.22. The lowest BCUT2D eigenvalue weighted by Crippen LogP contribution is -2.48. The molecule has 2 rings (SSSR count). The average Bonchev–Trinajstić information content (AvgIpc) is 2.51. The topological polar surface area (TPSA) is 41.9 Å². The van der Waals surface area contributed by atoms with Crippen LogP contribution in [0.4, 0.5) is 0 Å². The Morgan fingerprint density at radius 1 is 1.25 bits per heavy atom. The second-order valence-electron chi connectivity index (χ2n) is 7.32. The fourth-order valence-electron chi connectivity index (χ4n) is 3.37. The second-order valence-corrected chi connectivity index (χ2v) is 7.32. The van der Waals surface area contributed by atoms with E-state index in [4.69, 9.17) is 9.47 Å². The number of β-amino-alcohol motifs (C(OH)–C–C–N with tert-alkyl or cyclic N) is 1. The van der Waals surface area contributed by atoms with Gasteiger partial charge in [-0.05, 0) is 43.4 Å². The maximum Gasteiger partial charge on any atom is 0.123 e. The highest BCUT2D eigenvalue weighted by molar-refractivity contribution is 5.39. The standard InChI is InChI=1S/C20H33NO3/c1-6-17-7-8-19(14(2)3)20(9-17)23-13-18(22)12-21-10-15(4)24-16(5)11-21/h7-9,14-16,18,22H,6,10-13H2,1-5H3. The van der Waals surface area contributed by atoms with Crippen LogP contribution in [0.3, 0.4) is 0 Å². The van der Waals surface area contributed by atoms with Crippen LogP contribution in [-0.2, 0) is 11.2 Å². The molecular weight excluding hydrogens is 302 g/mol. The third kappa shape index (κ3) is 5.47. The molecule has 24 heavy (non-hydrogen) atoms. The van der Waals surface area contributed by atoms with Crippen LogP contribution in [0, 0.1) is 0 Å². The van der Waals surface area contributed by atoms with Crippen molar-refractivity contribution in [1.29, 1.82) is 0 Å². The van der Waals surface area contributed by atoms with Gasteiger partial charge >= 0.3 is 0 Å². The minimum atomic E-state index is -0.493. The molecule has 136 valence electrons. The molecule has 1 heterocycles. The molecule has 0 aromatic heterocycles. The molecular formula is C20H33NO3. The van der Waals surface area contributed by atoms with Gasteiger partial charge in [-0.15, -0.1) is 0 Å². The van der Waals surface area contributed by atoms with Crippen molar-refractivity contribution >= 4 is 0 Å². The van der Waals surface area contributed by atoms with Crippen LogP contribution in [0.2, 0.25) is 0 Å². The van der Waals surface area contributed by atoms with E-state index in [9.17, 15) is 5.11 Å². The Morgan fingerprint density at radius 3 is 2.50 bits per heavy atom. The van der Waals surface area contributed by atoms with Crippen LogP contribution in [0.5, 0.6) is 5.75 Å². The van der Waals surface area contributed by atoms with Gasteiger partial charge in [-0.25, -0.2) is 0 Å². The Labute approximate surface area is 146 Å². The van der Waals surface area contributed by atoms with E-state index in [-0.39, 0.29) is 12.2 Å². The fourth-order valence-corrected chi connectivity index (χ4v) is 3.37. The third-order valence-electron chi connectivity index (χ3n) is 4.50. The lowest BCUT2D eigenvalue weighted by Gasteiger charge is -2.36. The SMILES string of the molecule is CCc1ccc(C(C)C)c(OCC(O)CN2CC(C)OC(C)C2)c1. The van der Waals surface area contributed by atoms with Crippen molar-refractivity contribution in [2.24, 2.45) is 0 Å². The van der Waals surface area contributed by atoms with E-state index in [1.807, 2.05) is 0 Å². The van der Waals surface area contributed by atoms with E-state index in [2.05, 4.69) is 57.7 Å². The van der Waals surface area contributed by atoms with Crippen LogP contribution < -0.4 is 4.74 Å². The third-order valence-corrected chi connectivity index (χ3v) is 4.50. The zero-order chi connectivity index (χ0) is 17.7. The van der Waals surface area contributed by atoms with E-state index >= 15 is 0 Å². The van der Waals surface area contributed by atoms with Crippen LogP contribution in [-0.4, -0.2) is 54.6 Å². The Kier molecular flexibility index (Phi) is 7.08. The highest BCUT2D eigenvalue weighted by atomic mass is 16.5. The molecule has 3 unspecified atom stereocenters. The number of nitrogens with zero attached hydrogens (tertiary/aromatic N) is 1. The highest BCUT2D eigenvalue weighted by Crippen LogP contribution is 2.28. The molecule has 0 bridgehead atoms. The zero-order valence-electron chi connectivity index (χ0n) is 15.8. The number of aliphatic hydroxyl groups excluding tert-OH is 1. The first-order valence-corrected chi connectivity index (χ1v) is 9.20. The molecule has 4 nitrogen and oxygen atoms in total. The molecule has 3 atom stereocenters. The molecule has 1 aromatic carbocycles. The van der Waals surface area contributed by atoms with Crippen molar-refractivity contribution in [3.8, 4) is 5.75 Å². The molecule has 1 saturated heterocycles. The summed E-state index contributed by atoms with van der Waals surface area (Å²) in [6.45, 7) is 13.3. The van der Waals surface area contributed by atoms with Gasteiger partial charge in [0.15, 0.2) is 0 Å². The zero-order valence-corrected chi connectivity index (χ0v) is 15.8. The summed E-state index contributed by atoms with van der Waals surface area (Å²) in [6.07, 6.45) is 0.931. The van der Waals surface area contributed by atoms with E-state index < -0.39 is 6.10 Å². The van der Waals surface area contributed by atoms with E-state index in [1.54, 1.807) is 0 Å². The van der Waals surface area contributed by atoms with Gasteiger partial charge in [0, 0.05) is 19.6 Å². The number of morpholine rings is 1. The molecule has 0 radical (unpaired) electrons. The quantitative estimate of drug-likeness (QED) is 0.831. The van der Waals surface area contributed by atoms with Crippen molar-refractivity contribution in [3.63, 3.8) is 0 Å². The summed E-state index contributed by atoms with van der Waals surface area (Å²) in [7, 11) is 0. The summed E-state index contributed by atoms with van der Waals surface area (Å²) in [5.41, 5.74) is 2.47. The number of rotatable bonds is 7. The minimum Gasteiger partial charge on any atom is -0.491 e. The van der Waals surface area contributed by atoms with Gasteiger partial charge in [0.25, 0.3) is 0 Å². The molecule has 1 fully saturated rings. The summed E-state index contributed by atoms with van der Waals surface area (Å²) >= 11 is 0. The molecule has 0 spiro atoms. The van der Waals surface area contributed by atoms with Gasteiger partial charge in [-0.3, -0.25) is 4.90 Å². The average molecular weight is 335 g/mol. The predicted molar refractivity (Wildman–Crippen MR) is 97.9 cm³/mol. The van der Waals surface area contributed by atoms with E-state index in [0.29, 0.717) is 19.1 Å².